The molecule has 2 amide bonds. The summed E-state index contributed by atoms with van der Waals surface area (Å²) in [5.74, 6) is -3.73. The number of pyridine rings is 2. The summed E-state index contributed by atoms with van der Waals surface area (Å²) >= 11 is 3.67. The Morgan fingerprint density at radius 1 is 1.26 bits per heavy atom. The first kappa shape index (κ1) is 33.3. The van der Waals surface area contributed by atoms with Crippen LogP contribution < -0.4 is 25.9 Å². The van der Waals surface area contributed by atoms with Gasteiger partial charge in [-0.05, 0) is 5.57 Å². The van der Waals surface area contributed by atoms with E-state index in [1.165, 1.54) is 40.6 Å². The number of thioether (sulfide) groups is 2. The van der Waals surface area contributed by atoms with Crippen molar-refractivity contribution in [3.05, 3.63) is 75.1 Å². The lowest BCUT2D eigenvalue weighted by Gasteiger charge is -2.49. The molecule has 47 heavy (non-hydrogen) atoms. The lowest BCUT2D eigenvalue weighted by Crippen LogP contribution is -2.71. The Hall–Kier alpha value is -5.08. The van der Waals surface area contributed by atoms with Crippen LogP contribution in [0.5, 0.6) is 5.75 Å². The Morgan fingerprint density at radius 3 is 2.64 bits per heavy atom. The molecule has 246 valence electrons. The summed E-state index contributed by atoms with van der Waals surface area (Å²) in [5.41, 5.74) is 5.31. The summed E-state index contributed by atoms with van der Waals surface area (Å²) in [6.07, 6.45) is 4.25. The van der Waals surface area contributed by atoms with E-state index in [-0.39, 0.29) is 52.6 Å². The zero-order chi connectivity index (χ0) is 33.8. The second-order valence-electron chi connectivity index (χ2n) is 9.81. The molecule has 0 saturated carbocycles. The smallest absolute Gasteiger partial charge is 0.370 e. The monoisotopic (exact) mass is 704 g/mol. The van der Waals surface area contributed by atoms with Crippen molar-refractivity contribution < 1.29 is 48.7 Å². The number of carbonyl (C=O) groups is 4. The number of nitrogens with zero attached hydrogens (tertiary/aromatic N) is 5. The van der Waals surface area contributed by atoms with Crippen molar-refractivity contribution in [1.29, 1.82) is 0 Å². The van der Waals surface area contributed by atoms with Gasteiger partial charge >= 0.3 is 11.9 Å². The van der Waals surface area contributed by atoms with Crippen LogP contribution in [-0.2, 0) is 37.2 Å². The average molecular weight is 705 g/mol. The molecular formula is C27H26N7O10S3+. The van der Waals surface area contributed by atoms with Gasteiger partial charge in [0.25, 0.3) is 11.8 Å². The fourth-order valence-electron chi connectivity index (χ4n) is 4.56. The molecule has 0 unspecified atom stereocenters. The Kier molecular flexibility index (Phi) is 10.0. The van der Waals surface area contributed by atoms with Gasteiger partial charge in [-0.3, -0.25) is 19.3 Å². The van der Waals surface area contributed by atoms with E-state index in [1.807, 2.05) is 0 Å². The normalized spacial score (nSPS) is 17.5. The fraction of sp³-hybridized carbons (Fsp3) is 0.259. The molecule has 2 aliphatic rings. The number of fused-ring (bicyclic) bond motifs is 1. The van der Waals surface area contributed by atoms with Gasteiger partial charge in [0.15, 0.2) is 35.6 Å². The number of aromatic hydroxyl groups is 1. The summed E-state index contributed by atoms with van der Waals surface area (Å²) in [4.78, 5) is 78.1. The third-order valence-corrected chi connectivity index (χ3v) is 9.86. The highest BCUT2D eigenvalue weighted by molar-refractivity contribution is 8.01. The Bertz CT molecular complexity index is 1860. The number of nitrogens with one attached hydrogen (secondary N) is 1. The van der Waals surface area contributed by atoms with E-state index in [9.17, 15) is 34.2 Å². The number of thiazole rings is 1. The van der Waals surface area contributed by atoms with Crippen molar-refractivity contribution >= 4 is 69.5 Å². The number of aliphatic carboxylic acids is 2. The van der Waals surface area contributed by atoms with Gasteiger partial charge in [-0.1, -0.05) is 5.16 Å². The highest BCUT2D eigenvalue weighted by Gasteiger charge is 2.54. The predicted octanol–water partition coefficient (Wildman–Crippen LogP) is -0.525. The lowest BCUT2D eigenvalue weighted by molar-refractivity contribution is -0.686. The van der Waals surface area contributed by atoms with Crippen LogP contribution in [0.4, 0.5) is 5.13 Å². The Balaban J connectivity index is 1.29. The molecule has 0 spiro atoms. The zero-order valence-corrected chi connectivity index (χ0v) is 26.7. The molecule has 1 saturated heterocycles. The number of nitrogens with two attached hydrogens (primary N) is 1. The van der Waals surface area contributed by atoms with E-state index in [0.717, 1.165) is 38.1 Å². The predicted molar refractivity (Wildman–Crippen MR) is 167 cm³/mol. The van der Waals surface area contributed by atoms with Gasteiger partial charge in [-0.25, -0.2) is 14.6 Å². The van der Waals surface area contributed by atoms with Gasteiger partial charge in [-0.15, -0.1) is 34.9 Å². The molecule has 6 N–H and O–H groups in total. The second-order valence-corrected chi connectivity index (χ2v) is 12.9. The minimum absolute atomic E-state index is 0.0552. The quantitative estimate of drug-likeness (QED) is 0.0495. The van der Waals surface area contributed by atoms with Crippen LogP contribution >= 0.6 is 34.9 Å². The van der Waals surface area contributed by atoms with Gasteiger partial charge in [0.2, 0.25) is 12.0 Å². The molecule has 2 atom stereocenters. The molecular weight excluding hydrogens is 679 g/mol. The number of amides is 2. The van der Waals surface area contributed by atoms with E-state index in [4.69, 9.17) is 20.5 Å². The number of nitrogen functional groups attached to an aromatic ring is 1. The van der Waals surface area contributed by atoms with Crippen LogP contribution in [0.15, 0.2) is 68.3 Å². The number of carboxylic acids is 2. The van der Waals surface area contributed by atoms with Gasteiger partial charge in [-0.2, -0.15) is 9.30 Å². The standard InChI is InChI=1S/C27H25N7O10S3/c1-43-33-7-18(36)17(35)6-14(33)9-44-31-20(16-12-47-27(28)29-16)23(39)30-21-24(40)34-22(26(41)42)13(11-46-25(21)34)10-45-15-2-4-32(5-3-15)8-19(37)38/h2-7,12,21,25H,8-11H2,1H3,(H5-,28,29,30,36,37,38,39,41,42)/p+1/b31-20-/t21-,25-/m1/s1. The van der Waals surface area contributed by atoms with E-state index in [2.05, 4.69) is 15.5 Å². The van der Waals surface area contributed by atoms with Crippen molar-refractivity contribution in [3.63, 3.8) is 0 Å². The summed E-state index contributed by atoms with van der Waals surface area (Å²) < 4.78 is 2.57. The molecule has 3 aromatic rings. The topological polar surface area (TPSA) is 240 Å². The molecule has 20 heteroatoms. The first-order valence-electron chi connectivity index (χ1n) is 13.4. The minimum Gasteiger partial charge on any atom is -0.503 e. The van der Waals surface area contributed by atoms with Crippen LogP contribution in [0.1, 0.15) is 11.4 Å². The number of carboxylic acid groups (broad SMARTS) is 2. The lowest BCUT2D eigenvalue weighted by atomic mass is 10.0. The molecule has 0 bridgehead atoms. The van der Waals surface area contributed by atoms with Gasteiger partial charge < -0.3 is 36.0 Å². The SMILES string of the molecule is COn1cc(O)c(=O)cc1CO/N=C(\C(=O)N[C@@H]1C(=O)N2C(C(=O)O)=C(CSc3cc[n+](CC(=O)O)cc3)CS[C@H]12)c1csc(N)n1. The third-order valence-electron chi connectivity index (χ3n) is 6.75. The third kappa shape index (κ3) is 7.34. The molecule has 2 aliphatic heterocycles. The van der Waals surface area contributed by atoms with Crippen LogP contribution in [-0.4, -0.2) is 89.4 Å². The molecule has 5 rings (SSSR count). The van der Waals surface area contributed by atoms with Crippen LogP contribution in [0.3, 0.4) is 0 Å². The number of carbonyl (C=O) groups excluding carboxylic acids is 2. The van der Waals surface area contributed by atoms with E-state index >= 15 is 0 Å². The van der Waals surface area contributed by atoms with Crippen molar-refractivity contribution in [2.45, 2.75) is 29.5 Å². The molecule has 17 nitrogen and oxygen atoms in total. The molecule has 5 heterocycles. The van der Waals surface area contributed by atoms with Crippen molar-refractivity contribution in [2.75, 3.05) is 24.3 Å². The maximum atomic E-state index is 13.4. The summed E-state index contributed by atoms with van der Waals surface area (Å²) in [5, 5.41) is 36.0. The number of anilines is 1. The number of hydrogen-bond acceptors (Lipinski definition) is 14. The Labute approximate surface area is 277 Å². The van der Waals surface area contributed by atoms with Gasteiger partial charge in [0, 0.05) is 40.0 Å². The summed E-state index contributed by atoms with van der Waals surface area (Å²) in [6, 6.07) is 3.42. The van der Waals surface area contributed by atoms with Crippen LogP contribution in [0.25, 0.3) is 0 Å². The van der Waals surface area contributed by atoms with Gasteiger partial charge in [0.1, 0.15) is 35.6 Å². The molecule has 3 aromatic heterocycles. The highest BCUT2D eigenvalue weighted by Crippen LogP contribution is 2.41. The first-order valence-corrected chi connectivity index (χ1v) is 16.3. The average Bonchev–Trinajstić information content (AvgIpc) is 3.47. The maximum Gasteiger partial charge on any atom is 0.370 e. The van der Waals surface area contributed by atoms with E-state index < -0.39 is 46.3 Å². The fourth-order valence-corrected chi connectivity index (χ4v) is 7.48. The van der Waals surface area contributed by atoms with Crippen molar-refractivity contribution in [2.24, 2.45) is 5.16 Å². The van der Waals surface area contributed by atoms with E-state index in [1.54, 1.807) is 24.5 Å². The van der Waals surface area contributed by atoms with Crippen molar-refractivity contribution in [1.82, 2.24) is 19.9 Å². The summed E-state index contributed by atoms with van der Waals surface area (Å²) in [7, 11) is 1.30. The van der Waals surface area contributed by atoms with Crippen LogP contribution in [0.2, 0.25) is 0 Å². The number of hydrogen-bond donors (Lipinski definition) is 5. The largest absolute Gasteiger partial charge is 0.503 e. The van der Waals surface area contributed by atoms with Gasteiger partial charge in [0.05, 0.1) is 6.20 Å². The molecule has 0 aliphatic carbocycles. The molecule has 0 radical (unpaired) electrons. The maximum absolute atomic E-state index is 13.4. The van der Waals surface area contributed by atoms with Crippen molar-refractivity contribution in [3.8, 4) is 5.75 Å². The number of rotatable bonds is 13. The Morgan fingerprint density at radius 2 is 2.00 bits per heavy atom. The number of aromatic nitrogens is 3. The first-order chi connectivity index (χ1) is 22.5. The van der Waals surface area contributed by atoms with Crippen LogP contribution in [0, 0.1) is 0 Å². The molecule has 0 aromatic carbocycles. The summed E-state index contributed by atoms with van der Waals surface area (Å²) in [6.45, 7) is -0.547. The molecule has 1 fully saturated rings. The number of oxime groups is 1. The zero-order valence-electron chi connectivity index (χ0n) is 24.3. The minimum atomic E-state index is -1.28. The van der Waals surface area contributed by atoms with E-state index in [0.29, 0.717) is 5.57 Å². The second kappa shape index (κ2) is 14.1. The highest BCUT2D eigenvalue weighted by atomic mass is 32.2. The number of β-lactam (4-membered cyclic amide) rings is 1.